The van der Waals surface area contributed by atoms with Gasteiger partial charge in [0.15, 0.2) is 0 Å². The molecule has 1 aromatic carbocycles. The van der Waals surface area contributed by atoms with E-state index in [1.165, 1.54) is 12.1 Å². The average Bonchev–Trinajstić information content (AvgIpc) is 2.33. The fraction of sp³-hybridized carbons (Fsp3) is 0.333. The maximum absolute atomic E-state index is 12.9. The van der Waals surface area contributed by atoms with Crippen molar-refractivity contribution in [3.8, 4) is 0 Å². The Hall–Kier alpha value is -1.66. The maximum atomic E-state index is 12.9. The first-order chi connectivity index (χ1) is 8.90. The van der Waals surface area contributed by atoms with E-state index < -0.39 is 17.6 Å². The second-order valence-electron chi connectivity index (χ2n) is 4.30. The van der Waals surface area contributed by atoms with E-state index in [1.807, 2.05) is 14.1 Å². The first-order valence-electron chi connectivity index (χ1n) is 5.73. The van der Waals surface area contributed by atoms with Crippen molar-refractivity contribution in [2.24, 2.45) is 0 Å². The van der Waals surface area contributed by atoms with E-state index in [-0.39, 0.29) is 10.7 Å². The van der Waals surface area contributed by atoms with Crippen LogP contribution in [-0.4, -0.2) is 39.0 Å². The molecule has 0 spiro atoms. The molecule has 3 N–H and O–H groups in total. The highest BCUT2D eigenvalue weighted by Gasteiger charge is 2.14. The summed E-state index contributed by atoms with van der Waals surface area (Å²) < 4.78 is 12.9. The summed E-state index contributed by atoms with van der Waals surface area (Å²) in [7, 11) is 3.87. The van der Waals surface area contributed by atoms with Gasteiger partial charge in [0, 0.05) is 5.69 Å². The summed E-state index contributed by atoms with van der Waals surface area (Å²) in [6, 6.07) is 3.69. The molecule has 0 saturated carbocycles. The molecule has 0 aliphatic carbocycles. The van der Waals surface area contributed by atoms with Crippen LogP contribution >= 0.6 is 11.6 Å². The Kier molecular flexibility index (Phi) is 5.72. The second-order valence-corrected chi connectivity index (χ2v) is 4.70. The van der Waals surface area contributed by atoms with E-state index in [0.717, 1.165) is 11.0 Å². The SMILES string of the molecule is C[NH+](C)CCNC(=O)C(=O)Nc1ccc(F)c(Cl)c1. The molecule has 0 fully saturated rings. The molecule has 0 aliphatic heterocycles. The minimum absolute atomic E-state index is 0.116. The lowest BCUT2D eigenvalue weighted by molar-refractivity contribution is -0.856. The van der Waals surface area contributed by atoms with Crippen LogP contribution in [0, 0.1) is 5.82 Å². The van der Waals surface area contributed by atoms with Crippen LogP contribution in [0.4, 0.5) is 10.1 Å². The van der Waals surface area contributed by atoms with Crippen molar-refractivity contribution in [3.63, 3.8) is 0 Å². The maximum Gasteiger partial charge on any atom is 0.313 e. The molecular formula is C12H16ClFN3O2+. The standard InChI is InChI=1S/C12H15ClFN3O2/c1-17(2)6-5-15-11(18)12(19)16-8-3-4-10(14)9(13)7-8/h3-4,7H,5-6H2,1-2H3,(H,15,18)(H,16,19)/p+1. The molecule has 0 bridgehead atoms. The molecule has 0 aliphatic rings. The van der Waals surface area contributed by atoms with E-state index in [9.17, 15) is 14.0 Å². The molecule has 0 unspecified atom stereocenters. The predicted octanol–water partition coefficient (Wildman–Crippen LogP) is -0.322. The summed E-state index contributed by atoms with van der Waals surface area (Å²) in [5, 5.41) is 4.70. The number of carbonyl (C=O) groups is 2. The first-order valence-corrected chi connectivity index (χ1v) is 6.11. The Morgan fingerprint density at radius 3 is 2.58 bits per heavy atom. The molecule has 0 atom stereocenters. The van der Waals surface area contributed by atoms with Crippen LogP contribution in [0.2, 0.25) is 5.02 Å². The predicted molar refractivity (Wildman–Crippen MR) is 70.7 cm³/mol. The van der Waals surface area contributed by atoms with Gasteiger partial charge in [0.25, 0.3) is 0 Å². The van der Waals surface area contributed by atoms with Crippen molar-refractivity contribution in [1.82, 2.24) is 5.32 Å². The summed E-state index contributed by atoms with van der Waals surface area (Å²) in [5.41, 5.74) is 0.268. The van der Waals surface area contributed by atoms with Crippen LogP contribution in [0.5, 0.6) is 0 Å². The summed E-state index contributed by atoms with van der Waals surface area (Å²) in [6.07, 6.45) is 0. The van der Waals surface area contributed by atoms with Crippen molar-refractivity contribution in [3.05, 3.63) is 29.0 Å². The smallest absolute Gasteiger partial charge is 0.313 e. The van der Waals surface area contributed by atoms with Crippen LogP contribution in [-0.2, 0) is 9.59 Å². The normalized spacial score (nSPS) is 10.4. The monoisotopic (exact) mass is 288 g/mol. The minimum atomic E-state index is -0.809. The minimum Gasteiger partial charge on any atom is -0.342 e. The van der Waals surface area contributed by atoms with Gasteiger partial charge in [-0.25, -0.2) is 4.39 Å². The van der Waals surface area contributed by atoms with Crippen LogP contribution in [0.1, 0.15) is 0 Å². The van der Waals surface area contributed by atoms with E-state index in [0.29, 0.717) is 13.1 Å². The fourth-order valence-electron chi connectivity index (χ4n) is 1.27. The number of quaternary nitrogens is 1. The van der Waals surface area contributed by atoms with Crippen LogP contribution in [0.25, 0.3) is 0 Å². The quantitative estimate of drug-likeness (QED) is 0.665. The summed E-state index contributed by atoms with van der Waals surface area (Å²) in [4.78, 5) is 24.1. The van der Waals surface area contributed by atoms with Gasteiger partial charge in [-0.2, -0.15) is 0 Å². The number of benzene rings is 1. The summed E-state index contributed by atoms with van der Waals surface area (Å²) in [6.45, 7) is 1.11. The number of nitrogens with one attached hydrogen (secondary N) is 3. The number of rotatable bonds is 4. The number of hydrogen-bond acceptors (Lipinski definition) is 2. The molecule has 1 aromatic rings. The highest BCUT2D eigenvalue weighted by Crippen LogP contribution is 2.19. The molecule has 0 saturated heterocycles. The van der Waals surface area contributed by atoms with E-state index in [1.54, 1.807) is 0 Å². The molecule has 0 heterocycles. The third-order valence-corrected chi connectivity index (χ3v) is 2.58. The van der Waals surface area contributed by atoms with Gasteiger partial charge in [-0.05, 0) is 18.2 Å². The van der Waals surface area contributed by atoms with Crippen molar-refractivity contribution in [2.75, 3.05) is 32.5 Å². The van der Waals surface area contributed by atoms with Crippen LogP contribution in [0.15, 0.2) is 18.2 Å². The zero-order valence-corrected chi connectivity index (χ0v) is 11.5. The third-order valence-electron chi connectivity index (χ3n) is 2.29. The van der Waals surface area contributed by atoms with Crippen LogP contribution < -0.4 is 15.5 Å². The average molecular weight is 289 g/mol. The summed E-state index contributed by atoms with van der Waals surface area (Å²) >= 11 is 5.57. The van der Waals surface area contributed by atoms with Gasteiger partial charge >= 0.3 is 11.8 Å². The topological polar surface area (TPSA) is 62.6 Å². The number of halogens is 2. The van der Waals surface area contributed by atoms with Crippen molar-refractivity contribution in [1.29, 1.82) is 0 Å². The lowest BCUT2D eigenvalue weighted by atomic mass is 10.3. The fourth-order valence-corrected chi connectivity index (χ4v) is 1.45. The van der Waals surface area contributed by atoms with Gasteiger partial charge in [0.2, 0.25) is 0 Å². The molecule has 104 valence electrons. The van der Waals surface area contributed by atoms with Crippen molar-refractivity contribution in [2.45, 2.75) is 0 Å². The highest BCUT2D eigenvalue weighted by atomic mass is 35.5. The zero-order chi connectivity index (χ0) is 14.4. The van der Waals surface area contributed by atoms with E-state index >= 15 is 0 Å². The number of hydrogen-bond donors (Lipinski definition) is 3. The molecule has 19 heavy (non-hydrogen) atoms. The van der Waals surface area contributed by atoms with Gasteiger partial charge in [-0.15, -0.1) is 0 Å². The number of likely N-dealkylation sites (N-methyl/N-ethyl adjacent to an activating group) is 1. The first kappa shape index (κ1) is 15.4. The zero-order valence-electron chi connectivity index (χ0n) is 10.7. The second kappa shape index (κ2) is 7.06. The number of amides is 2. The van der Waals surface area contributed by atoms with Crippen LogP contribution in [0.3, 0.4) is 0 Å². The largest absolute Gasteiger partial charge is 0.342 e. The lowest BCUT2D eigenvalue weighted by Crippen LogP contribution is -3.06. The Labute approximate surface area is 115 Å². The van der Waals surface area contributed by atoms with Gasteiger partial charge in [-0.1, -0.05) is 11.6 Å². The molecule has 0 radical (unpaired) electrons. The van der Waals surface area contributed by atoms with Gasteiger partial charge < -0.3 is 15.5 Å². The lowest BCUT2D eigenvalue weighted by Gasteiger charge is -2.09. The third kappa shape index (κ3) is 5.23. The van der Waals surface area contributed by atoms with Gasteiger partial charge in [0.1, 0.15) is 5.82 Å². The molecule has 0 aromatic heterocycles. The molecular weight excluding hydrogens is 273 g/mol. The molecule has 1 rings (SSSR count). The Bertz CT molecular complexity index is 480. The Balaban J connectivity index is 2.49. The molecule has 7 heteroatoms. The number of carbonyl (C=O) groups excluding carboxylic acids is 2. The van der Waals surface area contributed by atoms with Crippen molar-refractivity contribution < 1.29 is 18.9 Å². The number of anilines is 1. The van der Waals surface area contributed by atoms with Gasteiger partial charge in [-0.3, -0.25) is 9.59 Å². The van der Waals surface area contributed by atoms with Crippen molar-refractivity contribution >= 4 is 29.1 Å². The van der Waals surface area contributed by atoms with Gasteiger partial charge in [0.05, 0.1) is 32.2 Å². The van der Waals surface area contributed by atoms with E-state index in [4.69, 9.17) is 11.6 Å². The Morgan fingerprint density at radius 2 is 2.00 bits per heavy atom. The van der Waals surface area contributed by atoms with E-state index in [2.05, 4.69) is 10.6 Å². The Morgan fingerprint density at radius 1 is 1.32 bits per heavy atom. The highest BCUT2D eigenvalue weighted by molar-refractivity contribution is 6.39. The molecule has 2 amide bonds. The summed E-state index contributed by atoms with van der Waals surface area (Å²) in [5.74, 6) is -2.13. The molecule has 5 nitrogen and oxygen atoms in total.